The molecule has 2 fully saturated rings. The first-order valence-corrected chi connectivity index (χ1v) is 8.86. The number of nitrogens with one attached hydrogen (secondary N) is 1. The van der Waals surface area contributed by atoms with Crippen LogP contribution in [0.5, 0.6) is 11.5 Å². The van der Waals surface area contributed by atoms with Crippen LogP contribution in [0.2, 0.25) is 0 Å². The van der Waals surface area contributed by atoms with Gasteiger partial charge in [-0.05, 0) is 32.1 Å². The van der Waals surface area contributed by atoms with Gasteiger partial charge in [0.15, 0.2) is 17.2 Å². The van der Waals surface area contributed by atoms with Crippen LogP contribution < -0.4 is 10.1 Å². The Morgan fingerprint density at radius 1 is 1.38 bits per heavy atom. The van der Waals surface area contributed by atoms with E-state index in [4.69, 9.17) is 14.2 Å². The second-order valence-corrected chi connectivity index (χ2v) is 6.69. The highest BCUT2D eigenvalue weighted by atomic mass is 16.6. The van der Waals surface area contributed by atoms with E-state index in [2.05, 4.69) is 10.3 Å². The molecule has 4 atom stereocenters. The van der Waals surface area contributed by atoms with E-state index in [-0.39, 0.29) is 29.4 Å². The summed E-state index contributed by atoms with van der Waals surface area (Å²) >= 11 is 0. The van der Waals surface area contributed by atoms with Gasteiger partial charge in [0.25, 0.3) is 5.91 Å². The number of cyclic esters (lactones) is 1. The number of nitrogens with zero attached hydrogens (tertiary/aromatic N) is 1. The predicted molar refractivity (Wildman–Crippen MR) is 91.0 cm³/mol. The fourth-order valence-corrected chi connectivity index (χ4v) is 3.64. The fraction of sp³-hybridized carbons (Fsp3) is 0.611. The average molecular weight is 364 g/mol. The highest BCUT2D eigenvalue weighted by Crippen LogP contribution is 2.31. The molecule has 0 saturated carbocycles. The zero-order valence-electron chi connectivity index (χ0n) is 14.9. The van der Waals surface area contributed by atoms with E-state index >= 15 is 0 Å². The van der Waals surface area contributed by atoms with Crippen molar-refractivity contribution >= 4 is 11.9 Å². The first-order valence-electron chi connectivity index (χ1n) is 8.86. The number of rotatable bonds is 3. The number of hydrogen-bond donors (Lipinski definition) is 2. The van der Waals surface area contributed by atoms with Crippen molar-refractivity contribution in [1.82, 2.24) is 10.3 Å². The van der Waals surface area contributed by atoms with Crippen molar-refractivity contribution in [3.8, 4) is 11.5 Å². The van der Waals surface area contributed by atoms with Crippen LogP contribution in [-0.2, 0) is 14.3 Å². The summed E-state index contributed by atoms with van der Waals surface area (Å²) in [6, 6.07) is 0.650. The Hall–Kier alpha value is -2.35. The van der Waals surface area contributed by atoms with E-state index in [9.17, 15) is 14.7 Å². The molecular weight excluding hydrogens is 340 g/mol. The summed E-state index contributed by atoms with van der Waals surface area (Å²) < 4.78 is 16.2. The van der Waals surface area contributed by atoms with E-state index < -0.39 is 17.9 Å². The van der Waals surface area contributed by atoms with Crippen LogP contribution in [0.4, 0.5) is 0 Å². The Kier molecular flexibility index (Phi) is 5.61. The minimum Gasteiger partial charge on any atom is -0.503 e. The Morgan fingerprint density at radius 2 is 2.19 bits per heavy atom. The van der Waals surface area contributed by atoms with Gasteiger partial charge >= 0.3 is 5.97 Å². The number of pyridine rings is 1. The molecule has 3 heterocycles. The lowest BCUT2D eigenvalue weighted by atomic mass is 9.92. The highest BCUT2D eigenvalue weighted by molar-refractivity contribution is 5.97. The molecule has 142 valence electrons. The molecule has 0 bridgehead atoms. The Morgan fingerprint density at radius 3 is 2.96 bits per heavy atom. The SMILES string of the molecule is COc1ccnc(C(=O)NC2CCCC3CCOC3C(C)OC2=O)c1O. The molecule has 0 aromatic carbocycles. The molecule has 2 aliphatic rings. The molecular formula is C18H24N2O6. The second kappa shape index (κ2) is 7.90. The van der Waals surface area contributed by atoms with Gasteiger partial charge in [-0.2, -0.15) is 0 Å². The van der Waals surface area contributed by atoms with E-state index in [0.29, 0.717) is 18.9 Å². The van der Waals surface area contributed by atoms with Gasteiger partial charge in [-0.1, -0.05) is 6.42 Å². The molecule has 4 unspecified atom stereocenters. The molecule has 26 heavy (non-hydrogen) atoms. The monoisotopic (exact) mass is 364 g/mol. The molecule has 1 aromatic heterocycles. The molecule has 0 aliphatic carbocycles. The average Bonchev–Trinajstić information content (AvgIpc) is 3.09. The number of amides is 1. The van der Waals surface area contributed by atoms with Crippen LogP contribution in [0.15, 0.2) is 12.3 Å². The minimum atomic E-state index is -0.795. The maximum atomic E-state index is 12.5. The smallest absolute Gasteiger partial charge is 0.329 e. The number of fused-ring (bicyclic) bond motifs is 1. The van der Waals surface area contributed by atoms with Crippen molar-refractivity contribution in [1.29, 1.82) is 0 Å². The van der Waals surface area contributed by atoms with Crippen molar-refractivity contribution in [3.05, 3.63) is 18.0 Å². The highest BCUT2D eigenvalue weighted by Gasteiger charge is 2.37. The number of ether oxygens (including phenoxy) is 3. The second-order valence-electron chi connectivity index (χ2n) is 6.69. The Balaban J connectivity index is 1.72. The third-order valence-electron chi connectivity index (χ3n) is 5.01. The maximum Gasteiger partial charge on any atom is 0.329 e. The molecule has 0 radical (unpaired) electrons. The quantitative estimate of drug-likeness (QED) is 0.781. The van der Waals surface area contributed by atoms with Crippen LogP contribution in [0.3, 0.4) is 0 Å². The fourth-order valence-electron chi connectivity index (χ4n) is 3.64. The summed E-state index contributed by atoms with van der Waals surface area (Å²) in [7, 11) is 1.38. The van der Waals surface area contributed by atoms with E-state index in [1.54, 1.807) is 0 Å². The lowest BCUT2D eigenvalue weighted by Gasteiger charge is -2.24. The summed E-state index contributed by atoms with van der Waals surface area (Å²) in [6.45, 7) is 2.51. The number of carbonyl (C=O) groups is 2. The summed E-state index contributed by atoms with van der Waals surface area (Å²) in [5.41, 5.74) is -0.190. The van der Waals surface area contributed by atoms with Crippen LogP contribution >= 0.6 is 0 Å². The molecule has 2 N–H and O–H groups in total. The number of hydrogen-bond acceptors (Lipinski definition) is 7. The summed E-state index contributed by atoms with van der Waals surface area (Å²) in [6.07, 6.45) is 4.02. The van der Waals surface area contributed by atoms with E-state index in [0.717, 1.165) is 19.3 Å². The van der Waals surface area contributed by atoms with Gasteiger partial charge in [-0.25, -0.2) is 9.78 Å². The summed E-state index contributed by atoms with van der Waals surface area (Å²) in [4.78, 5) is 28.9. The number of methoxy groups -OCH3 is 1. The molecule has 2 saturated heterocycles. The first-order chi connectivity index (χ1) is 12.5. The van der Waals surface area contributed by atoms with E-state index in [1.165, 1.54) is 19.4 Å². The van der Waals surface area contributed by atoms with Crippen molar-refractivity contribution in [2.75, 3.05) is 13.7 Å². The van der Waals surface area contributed by atoms with Gasteiger partial charge in [0.2, 0.25) is 0 Å². The van der Waals surface area contributed by atoms with E-state index in [1.807, 2.05) is 6.92 Å². The lowest BCUT2D eigenvalue weighted by molar-refractivity contribution is -0.157. The molecule has 1 aromatic rings. The maximum absolute atomic E-state index is 12.5. The summed E-state index contributed by atoms with van der Waals surface area (Å²) in [5, 5.41) is 12.7. The zero-order chi connectivity index (χ0) is 18.7. The van der Waals surface area contributed by atoms with Crippen molar-refractivity contribution in [2.45, 2.75) is 50.9 Å². The third kappa shape index (κ3) is 3.75. The van der Waals surface area contributed by atoms with Crippen molar-refractivity contribution < 1.29 is 28.9 Å². The van der Waals surface area contributed by atoms with Crippen molar-refractivity contribution in [3.63, 3.8) is 0 Å². The van der Waals surface area contributed by atoms with Crippen LogP contribution in [0.1, 0.15) is 43.1 Å². The van der Waals surface area contributed by atoms with Gasteiger partial charge < -0.3 is 24.6 Å². The zero-order valence-corrected chi connectivity index (χ0v) is 14.9. The van der Waals surface area contributed by atoms with Gasteiger partial charge in [0.05, 0.1) is 13.2 Å². The molecule has 8 heteroatoms. The van der Waals surface area contributed by atoms with Crippen LogP contribution in [0, 0.1) is 5.92 Å². The lowest BCUT2D eigenvalue weighted by Crippen LogP contribution is -2.44. The van der Waals surface area contributed by atoms with Gasteiger partial charge in [0, 0.05) is 18.9 Å². The number of esters is 1. The summed E-state index contributed by atoms with van der Waals surface area (Å²) in [5.74, 6) is -0.992. The van der Waals surface area contributed by atoms with Crippen LogP contribution in [-0.4, -0.2) is 53.9 Å². The largest absolute Gasteiger partial charge is 0.503 e. The minimum absolute atomic E-state index is 0.0857. The molecule has 3 rings (SSSR count). The molecule has 1 amide bonds. The standard InChI is InChI=1S/C18H24N2O6/c1-10-16-11(7-9-25-16)4-3-5-12(18(23)26-10)20-17(22)14-15(21)13(24-2)6-8-19-14/h6,8,10-12,16,21H,3-5,7,9H2,1-2H3,(H,20,22). The first kappa shape index (κ1) is 18.4. The normalized spacial score (nSPS) is 28.9. The molecule has 8 nitrogen and oxygen atoms in total. The number of aromatic nitrogens is 1. The van der Waals surface area contributed by atoms with Gasteiger partial charge in [-0.3, -0.25) is 4.79 Å². The molecule has 2 aliphatic heterocycles. The predicted octanol–water partition coefficient (Wildman–Crippen LogP) is 1.41. The topological polar surface area (TPSA) is 107 Å². The number of aromatic hydroxyl groups is 1. The van der Waals surface area contributed by atoms with Gasteiger partial charge in [-0.15, -0.1) is 0 Å². The third-order valence-corrected chi connectivity index (χ3v) is 5.01. The Bertz CT molecular complexity index is 680. The Labute approximate surface area is 151 Å². The van der Waals surface area contributed by atoms with Crippen molar-refractivity contribution in [2.24, 2.45) is 5.92 Å². The molecule has 0 spiro atoms. The van der Waals surface area contributed by atoms with Gasteiger partial charge in [0.1, 0.15) is 12.1 Å². The number of carbonyl (C=O) groups excluding carboxylic acids is 2. The van der Waals surface area contributed by atoms with Crippen LogP contribution in [0.25, 0.3) is 0 Å².